The van der Waals surface area contributed by atoms with Crippen molar-refractivity contribution in [1.82, 2.24) is 19.8 Å². The SMILES string of the molecule is COc1ccc(C(CNc2nc(CN3CCC(C)CC3)nc3sc4c(c23)CCC4)N(C)C)cc1. The van der Waals surface area contributed by atoms with Crippen molar-refractivity contribution in [1.29, 1.82) is 0 Å². The molecule has 0 amide bonds. The summed E-state index contributed by atoms with van der Waals surface area (Å²) in [6.45, 7) is 6.28. The summed E-state index contributed by atoms with van der Waals surface area (Å²) in [6, 6.07) is 8.63. The molecule has 3 aromatic rings. The fraction of sp³-hybridized carbons (Fsp3) is 0.556. The van der Waals surface area contributed by atoms with Crippen LogP contribution in [0.3, 0.4) is 0 Å². The molecule has 2 aliphatic rings. The molecule has 0 radical (unpaired) electrons. The third-order valence-corrected chi connectivity index (χ3v) is 8.62. The fourth-order valence-electron chi connectivity index (χ4n) is 5.28. The van der Waals surface area contributed by atoms with Crippen LogP contribution in [-0.4, -0.2) is 60.6 Å². The summed E-state index contributed by atoms with van der Waals surface area (Å²) in [5.41, 5.74) is 2.74. The van der Waals surface area contributed by atoms with Crippen LogP contribution in [0.15, 0.2) is 24.3 Å². The van der Waals surface area contributed by atoms with Gasteiger partial charge in [0.15, 0.2) is 0 Å². The lowest BCUT2D eigenvalue weighted by Gasteiger charge is -2.29. The first-order valence-corrected chi connectivity index (χ1v) is 13.4. The van der Waals surface area contributed by atoms with E-state index in [1.807, 2.05) is 23.5 Å². The van der Waals surface area contributed by atoms with Gasteiger partial charge in [-0.3, -0.25) is 4.90 Å². The van der Waals surface area contributed by atoms with E-state index in [-0.39, 0.29) is 6.04 Å². The summed E-state index contributed by atoms with van der Waals surface area (Å²) in [5.74, 6) is 3.69. The zero-order valence-corrected chi connectivity index (χ0v) is 21.7. The molecule has 0 spiro atoms. The molecule has 182 valence electrons. The quantitative estimate of drug-likeness (QED) is 0.483. The molecule has 6 nitrogen and oxygen atoms in total. The zero-order valence-electron chi connectivity index (χ0n) is 20.9. The third kappa shape index (κ3) is 4.92. The van der Waals surface area contributed by atoms with Crippen molar-refractivity contribution in [2.24, 2.45) is 5.92 Å². The number of anilines is 1. The molecule has 1 atom stereocenters. The van der Waals surface area contributed by atoms with Crippen LogP contribution in [0, 0.1) is 5.92 Å². The number of likely N-dealkylation sites (tertiary alicyclic amines) is 1. The Morgan fingerprint density at radius 1 is 1.15 bits per heavy atom. The number of nitrogens with zero attached hydrogens (tertiary/aromatic N) is 4. The van der Waals surface area contributed by atoms with Gasteiger partial charge in [-0.1, -0.05) is 19.1 Å². The Morgan fingerprint density at radius 2 is 1.91 bits per heavy atom. The number of methoxy groups -OCH3 is 1. The van der Waals surface area contributed by atoms with E-state index < -0.39 is 0 Å². The van der Waals surface area contributed by atoms with Crippen LogP contribution in [0.5, 0.6) is 5.75 Å². The predicted octanol–water partition coefficient (Wildman–Crippen LogP) is 5.14. The number of aromatic nitrogens is 2. The molecule has 1 saturated heterocycles. The molecule has 2 aromatic heterocycles. The van der Waals surface area contributed by atoms with E-state index in [0.717, 1.165) is 60.7 Å². The molecular formula is C27H37N5OS. The molecule has 3 heterocycles. The Morgan fingerprint density at radius 3 is 2.62 bits per heavy atom. The van der Waals surface area contributed by atoms with Crippen molar-refractivity contribution in [3.05, 3.63) is 46.1 Å². The summed E-state index contributed by atoms with van der Waals surface area (Å²) >= 11 is 1.88. The number of hydrogen-bond acceptors (Lipinski definition) is 7. The van der Waals surface area contributed by atoms with Gasteiger partial charge >= 0.3 is 0 Å². The van der Waals surface area contributed by atoms with Crippen molar-refractivity contribution in [2.45, 2.75) is 51.6 Å². The van der Waals surface area contributed by atoms with E-state index in [1.165, 1.54) is 47.1 Å². The highest BCUT2D eigenvalue weighted by Crippen LogP contribution is 2.40. The van der Waals surface area contributed by atoms with Gasteiger partial charge in [0.25, 0.3) is 0 Å². The maximum Gasteiger partial charge on any atom is 0.146 e. The van der Waals surface area contributed by atoms with Gasteiger partial charge in [-0.05, 0) is 88.5 Å². The lowest BCUT2D eigenvalue weighted by atomic mass is 9.99. The average Bonchev–Trinajstić information content (AvgIpc) is 3.42. The van der Waals surface area contributed by atoms with Gasteiger partial charge in [0, 0.05) is 11.4 Å². The average molecular weight is 480 g/mol. The van der Waals surface area contributed by atoms with Gasteiger partial charge in [-0.15, -0.1) is 11.3 Å². The van der Waals surface area contributed by atoms with E-state index in [9.17, 15) is 0 Å². The molecule has 0 bridgehead atoms. The van der Waals surface area contributed by atoms with Gasteiger partial charge in [-0.25, -0.2) is 9.97 Å². The predicted molar refractivity (Wildman–Crippen MR) is 141 cm³/mol. The maximum atomic E-state index is 5.35. The second kappa shape index (κ2) is 10.2. The van der Waals surface area contributed by atoms with Gasteiger partial charge < -0.3 is 15.0 Å². The maximum absolute atomic E-state index is 5.35. The van der Waals surface area contributed by atoms with Crippen LogP contribution >= 0.6 is 11.3 Å². The number of likely N-dealkylation sites (N-methyl/N-ethyl adjacent to an activating group) is 1. The monoisotopic (exact) mass is 479 g/mol. The molecule has 1 N–H and O–H groups in total. The van der Waals surface area contributed by atoms with Gasteiger partial charge in [0.2, 0.25) is 0 Å². The van der Waals surface area contributed by atoms with Gasteiger partial charge in [0.1, 0.15) is 22.2 Å². The largest absolute Gasteiger partial charge is 0.497 e. The molecule has 7 heteroatoms. The standard InChI is InChI=1S/C27H37N5OS/c1-18-12-14-32(15-13-18)17-24-29-26(25-21-6-5-7-23(21)34-27(25)30-24)28-16-22(31(2)3)19-8-10-20(33-4)11-9-19/h8-11,18,22H,5-7,12-17H2,1-4H3,(H,28,29,30). The van der Waals surface area contributed by atoms with Crippen LogP contribution < -0.4 is 10.1 Å². The first-order chi connectivity index (χ1) is 16.5. The number of fused-ring (bicyclic) bond motifs is 3. The molecular weight excluding hydrogens is 442 g/mol. The van der Waals surface area contributed by atoms with E-state index in [4.69, 9.17) is 14.7 Å². The van der Waals surface area contributed by atoms with E-state index in [2.05, 4.69) is 48.3 Å². The molecule has 1 aliphatic carbocycles. The minimum Gasteiger partial charge on any atom is -0.497 e. The van der Waals surface area contributed by atoms with E-state index >= 15 is 0 Å². The highest BCUT2D eigenvalue weighted by molar-refractivity contribution is 7.19. The van der Waals surface area contributed by atoms with Gasteiger partial charge in [-0.2, -0.15) is 0 Å². The number of aryl methyl sites for hydroxylation is 2. The van der Waals surface area contributed by atoms with Gasteiger partial charge in [0.05, 0.1) is 25.1 Å². The smallest absolute Gasteiger partial charge is 0.146 e. The summed E-state index contributed by atoms with van der Waals surface area (Å²) in [5, 5.41) is 5.03. The normalized spacial score (nSPS) is 17.9. The summed E-state index contributed by atoms with van der Waals surface area (Å²) in [4.78, 5) is 17.6. The molecule has 0 saturated carbocycles. The Balaban J connectivity index is 1.42. The van der Waals surface area contributed by atoms with Crippen molar-refractivity contribution in [3.8, 4) is 5.75 Å². The minimum atomic E-state index is 0.231. The van der Waals surface area contributed by atoms with E-state index in [0.29, 0.717) is 0 Å². The van der Waals surface area contributed by atoms with Crippen LogP contribution in [0.25, 0.3) is 10.2 Å². The molecule has 1 fully saturated rings. The minimum absolute atomic E-state index is 0.231. The van der Waals surface area contributed by atoms with Crippen LogP contribution in [-0.2, 0) is 19.4 Å². The van der Waals surface area contributed by atoms with Crippen molar-refractivity contribution >= 4 is 27.4 Å². The first-order valence-electron chi connectivity index (χ1n) is 12.6. The van der Waals surface area contributed by atoms with Crippen LogP contribution in [0.1, 0.15) is 54.1 Å². The highest BCUT2D eigenvalue weighted by Gasteiger charge is 2.24. The summed E-state index contributed by atoms with van der Waals surface area (Å²) in [7, 11) is 5.98. The zero-order chi connectivity index (χ0) is 23.7. The lowest BCUT2D eigenvalue weighted by Crippen LogP contribution is -2.33. The Hall–Kier alpha value is -2.22. The number of thiophene rings is 1. The molecule has 5 rings (SSSR count). The number of nitrogens with one attached hydrogen (secondary N) is 1. The number of benzene rings is 1. The Kier molecular flexibility index (Phi) is 7.04. The molecule has 1 aliphatic heterocycles. The topological polar surface area (TPSA) is 53.5 Å². The van der Waals surface area contributed by atoms with Crippen LogP contribution in [0.4, 0.5) is 5.82 Å². The lowest BCUT2D eigenvalue weighted by molar-refractivity contribution is 0.181. The van der Waals surface area contributed by atoms with Crippen molar-refractivity contribution in [2.75, 3.05) is 46.2 Å². The highest BCUT2D eigenvalue weighted by atomic mass is 32.1. The van der Waals surface area contributed by atoms with E-state index in [1.54, 1.807) is 7.11 Å². The molecule has 1 unspecified atom stereocenters. The number of piperidine rings is 1. The Bertz CT molecular complexity index is 1120. The second-order valence-electron chi connectivity index (χ2n) is 10.1. The van der Waals surface area contributed by atoms with Crippen LogP contribution in [0.2, 0.25) is 0 Å². The summed E-state index contributed by atoms with van der Waals surface area (Å²) < 4.78 is 5.35. The first kappa shape index (κ1) is 23.5. The fourth-order valence-corrected chi connectivity index (χ4v) is 6.56. The molecule has 34 heavy (non-hydrogen) atoms. The Labute approximate surface area is 207 Å². The second-order valence-corrected chi connectivity index (χ2v) is 11.2. The molecule has 1 aromatic carbocycles. The van der Waals surface area contributed by atoms with Crippen molar-refractivity contribution in [3.63, 3.8) is 0 Å². The summed E-state index contributed by atoms with van der Waals surface area (Å²) in [6.07, 6.45) is 6.12. The number of rotatable bonds is 8. The third-order valence-electron chi connectivity index (χ3n) is 7.44. The number of hydrogen-bond donors (Lipinski definition) is 1. The van der Waals surface area contributed by atoms with Crippen molar-refractivity contribution < 1.29 is 4.74 Å². The number of ether oxygens (including phenoxy) is 1.